The predicted molar refractivity (Wildman–Crippen MR) is 73.6 cm³/mol. The highest BCUT2D eigenvalue weighted by molar-refractivity contribution is 5.98. The zero-order chi connectivity index (χ0) is 15.9. The van der Waals surface area contributed by atoms with Gasteiger partial charge in [0.05, 0.1) is 6.10 Å². The molecule has 0 bridgehead atoms. The summed E-state index contributed by atoms with van der Waals surface area (Å²) < 4.78 is 5.74. The third-order valence-electron chi connectivity index (χ3n) is 4.12. The lowest BCUT2D eigenvalue weighted by Gasteiger charge is -2.42. The standard InChI is InChI=1S/C14H22N2O5/c1-7(17)8-11(18)16-9(13(19)20)10(21-12(8)16)14(2,3)5-4-6-15/h7-8,12,17H,4-6,15H2,1-3H3,(H,19,20)/t7-,8+,12-/m1/s1. The molecule has 0 aromatic rings. The van der Waals surface area contributed by atoms with E-state index in [-0.39, 0.29) is 5.70 Å². The smallest absolute Gasteiger partial charge is 0.356 e. The van der Waals surface area contributed by atoms with Crippen molar-refractivity contribution in [1.82, 2.24) is 4.90 Å². The maximum atomic E-state index is 12.1. The van der Waals surface area contributed by atoms with Gasteiger partial charge in [0.15, 0.2) is 11.9 Å². The van der Waals surface area contributed by atoms with Gasteiger partial charge in [-0.15, -0.1) is 0 Å². The highest BCUT2D eigenvalue weighted by Crippen LogP contribution is 2.48. The first kappa shape index (κ1) is 15.8. The molecule has 7 nitrogen and oxygen atoms in total. The summed E-state index contributed by atoms with van der Waals surface area (Å²) in [4.78, 5) is 24.7. The topological polar surface area (TPSA) is 113 Å². The first-order valence-corrected chi connectivity index (χ1v) is 7.08. The molecule has 3 atom stereocenters. The van der Waals surface area contributed by atoms with E-state index in [0.717, 1.165) is 11.3 Å². The molecule has 2 aliphatic heterocycles. The van der Waals surface area contributed by atoms with Gasteiger partial charge in [-0.25, -0.2) is 4.79 Å². The van der Waals surface area contributed by atoms with E-state index in [0.29, 0.717) is 18.7 Å². The molecule has 2 heterocycles. The number of β-lactam (4-membered cyclic amide) rings is 1. The number of amides is 1. The Hall–Kier alpha value is -1.60. The number of nitrogens with zero attached hydrogens (tertiary/aromatic N) is 1. The fraction of sp³-hybridized carbons (Fsp3) is 0.714. The van der Waals surface area contributed by atoms with Crippen LogP contribution in [0.15, 0.2) is 11.5 Å². The number of hydrogen-bond donors (Lipinski definition) is 3. The predicted octanol–water partition coefficient (Wildman–Crippen LogP) is 0.243. The van der Waals surface area contributed by atoms with Crippen molar-refractivity contribution in [3.05, 3.63) is 11.5 Å². The normalized spacial score (nSPS) is 26.3. The summed E-state index contributed by atoms with van der Waals surface area (Å²) in [7, 11) is 0. The van der Waals surface area contributed by atoms with Crippen LogP contribution in [0.1, 0.15) is 33.6 Å². The Balaban J connectivity index is 2.33. The molecule has 1 amide bonds. The van der Waals surface area contributed by atoms with Gasteiger partial charge < -0.3 is 20.7 Å². The minimum absolute atomic E-state index is 0.107. The van der Waals surface area contributed by atoms with Gasteiger partial charge in [0.2, 0.25) is 5.91 Å². The van der Waals surface area contributed by atoms with Crippen molar-refractivity contribution in [2.24, 2.45) is 17.1 Å². The second-order valence-corrected chi connectivity index (χ2v) is 6.24. The number of carbonyl (C=O) groups is 2. The Morgan fingerprint density at radius 3 is 2.62 bits per heavy atom. The Morgan fingerprint density at radius 1 is 1.52 bits per heavy atom. The number of carboxylic acids is 1. The molecule has 2 rings (SSSR count). The van der Waals surface area contributed by atoms with Gasteiger partial charge in [-0.05, 0) is 26.3 Å². The van der Waals surface area contributed by atoms with E-state index in [2.05, 4.69) is 0 Å². The van der Waals surface area contributed by atoms with Gasteiger partial charge in [0.1, 0.15) is 11.7 Å². The lowest BCUT2D eigenvalue weighted by molar-refractivity contribution is -0.183. The number of ether oxygens (including phenoxy) is 1. The minimum Gasteiger partial charge on any atom is -0.476 e. The second-order valence-electron chi connectivity index (χ2n) is 6.24. The van der Waals surface area contributed by atoms with Crippen molar-refractivity contribution in [1.29, 1.82) is 0 Å². The molecule has 1 saturated heterocycles. The third-order valence-corrected chi connectivity index (χ3v) is 4.12. The Morgan fingerprint density at radius 2 is 2.14 bits per heavy atom. The zero-order valence-corrected chi connectivity index (χ0v) is 12.5. The number of aliphatic carboxylic acids is 1. The molecule has 118 valence electrons. The van der Waals surface area contributed by atoms with Crippen LogP contribution in [0.25, 0.3) is 0 Å². The number of aliphatic hydroxyl groups is 1. The molecule has 7 heteroatoms. The number of rotatable bonds is 6. The van der Waals surface area contributed by atoms with Crippen molar-refractivity contribution in [2.75, 3.05) is 6.54 Å². The molecule has 21 heavy (non-hydrogen) atoms. The molecule has 1 fully saturated rings. The average Bonchev–Trinajstić information content (AvgIpc) is 2.71. The number of carboxylic acid groups (broad SMARTS) is 1. The lowest BCUT2D eigenvalue weighted by Crippen LogP contribution is -2.62. The van der Waals surface area contributed by atoms with Crippen LogP contribution in [0.2, 0.25) is 0 Å². The number of fused-ring (bicyclic) bond motifs is 1. The fourth-order valence-corrected chi connectivity index (χ4v) is 2.92. The highest BCUT2D eigenvalue weighted by atomic mass is 16.5. The van der Waals surface area contributed by atoms with Gasteiger partial charge >= 0.3 is 5.97 Å². The molecular formula is C14H22N2O5. The molecule has 0 aromatic carbocycles. The highest BCUT2D eigenvalue weighted by Gasteiger charge is 2.60. The summed E-state index contributed by atoms with van der Waals surface area (Å²) >= 11 is 0. The van der Waals surface area contributed by atoms with E-state index >= 15 is 0 Å². The van der Waals surface area contributed by atoms with Gasteiger partial charge in [0, 0.05) is 5.41 Å². The molecule has 0 unspecified atom stereocenters. The van der Waals surface area contributed by atoms with Crippen molar-refractivity contribution >= 4 is 11.9 Å². The van der Waals surface area contributed by atoms with Crippen LogP contribution in [0.5, 0.6) is 0 Å². The van der Waals surface area contributed by atoms with Crippen LogP contribution in [0.3, 0.4) is 0 Å². The average molecular weight is 298 g/mol. The SMILES string of the molecule is C[C@@H](O)[C@H]1C(=O)N2C(C(=O)O)=C(C(C)(C)CCCN)O[C@H]12. The van der Waals surface area contributed by atoms with Crippen LogP contribution >= 0.6 is 0 Å². The maximum Gasteiger partial charge on any atom is 0.356 e. The summed E-state index contributed by atoms with van der Waals surface area (Å²) in [5.74, 6) is -2.00. The first-order chi connectivity index (χ1) is 9.72. The van der Waals surface area contributed by atoms with Crippen molar-refractivity contribution in [3.63, 3.8) is 0 Å². The minimum atomic E-state index is -1.19. The summed E-state index contributed by atoms with van der Waals surface area (Å²) in [6, 6.07) is 0. The molecule has 0 saturated carbocycles. The maximum absolute atomic E-state index is 12.1. The molecule has 0 aliphatic carbocycles. The first-order valence-electron chi connectivity index (χ1n) is 7.08. The number of allylic oxidation sites excluding steroid dienone is 1. The van der Waals surface area contributed by atoms with Crippen LogP contribution in [-0.2, 0) is 14.3 Å². The van der Waals surface area contributed by atoms with Gasteiger partial charge in [-0.3, -0.25) is 9.69 Å². The van der Waals surface area contributed by atoms with E-state index in [4.69, 9.17) is 10.5 Å². The molecule has 0 radical (unpaired) electrons. The number of hydrogen-bond acceptors (Lipinski definition) is 5. The van der Waals surface area contributed by atoms with E-state index in [1.807, 2.05) is 13.8 Å². The molecule has 4 N–H and O–H groups in total. The fourth-order valence-electron chi connectivity index (χ4n) is 2.92. The van der Waals surface area contributed by atoms with Gasteiger partial charge in [-0.2, -0.15) is 0 Å². The van der Waals surface area contributed by atoms with Gasteiger partial charge in [-0.1, -0.05) is 13.8 Å². The Bertz CT molecular complexity index is 498. The largest absolute Gasteiger partial charge is 0.476 e. The summed E-state index contributed by atoms with van der Waals surface area (Å²) in [5, 5.41) is 19.1. The van der Waals surface area contributed by atoms with Crippen LogP contribution < -0.4 is 5.73 Å². The Kier molecular flexibility index (Phi) is 3.99. The number of nitrogens with two attached hydrogens (primary N) is 1. The lowest BCUT2D eigenvalue weighted by atomic mass is 9.84. The van der Waals surface area contributed by atoms with E-state index in [9.17, 15) is 19.8 Å². The van der Waals surface area contributed by atoms with E-state index in [1.54, 1.807) is 0 Å². The zero-order valence-electron chi connectivity index (χ0n) is 12.5. The molecule has 0 spiro atoms. The van der Waals surface area contributed by atoms with Crippen LogP contribution in [-0.4, -0.2) is 45.9 Å². The van der Waals surface area contributed by atoms with Crippen molar-refractivity contribution in [3.8, 4) is 0 Å². The summed E-state index contributed by atoms with van der Waals surface area (Å²) in [6.45, 7) is 5.74. The Labute approximate surface area is 123 Å². The van der Waals surface area contributed by atoms with E-state index < -0.39 is 35.5 Å². The number of carbonyl (C=O) groups excluding carboxylic acids is 1. The summed E-state index contributed by atoms with van der Waals surface area (Å²) in [6.07, 6.45) is -0.203. The quantitative estimate of drug-likeness (QED) is 0.606. The van der Waals surface area contributed by atoms with Crippen LogP contribution in [0, 0.1) is 11.3 Å². The third kappa shape index (κ3) is 2.40. The van der Waals surface area contributed by atoms with Crippen molar-refractivity contribution in [2.45, 2.75) is 45.9 Å². The molecular weight excluding hydrogens is 276 g/mol. The monoisotopic (exact) mass is 298 g/mol. The number of aliphatic hydroxyl groups excluding tert-OH is 1. The van der Waals surface area contributed by atoms with E-state index in [1.165, 1.54) is 6.92 Å². The van der Waals surface area contributed by atoms with Gasteiger partial charge in [0.25, 0.3) is 0 Å². The van der Waals surface area contributed by atoms with Crippen LogP contribution in [0.4, 0.5) is 0 Å². The second kappa shape index (κ2) is 5.31. The van der Waals surface area contributed by atoms with Crippen molar-refractivity contribution < 1.29 is 24.5 Å². The molecule has 0 aromatic heterocycles. The summed E-state index contributed by atoms with van der Waals surface area (Å²) in [5.41, 5.74) is 4.87. The molecule has 2 aliphatic rings.